The Kier molecular flexibility index (Phi) is 6.63. The lowest BCUT2D eigenvalue weighted by Gasteiger charge is -2.18. The third-order valence-corrected chi connectivity index (χ3v) is 2.92. The van der Waals surface area contributed by atoms with E-state index in [1.807, 2.05) is 18.6 Å². The number of ether oxygens (including phenoxy) is 2. The van der Waals surface area contributed by atoms with Gasteiger partial charge in [-0.15, -0.1) is 0 Å². The fourth-order valence-electron chi connectivity index (χ4n) is 1.17. The van der Waals surface area contributed by atoms with Crippen molar-refractivity contribution in [2.75, 3.05) is 14.2 Å². The topological polar surface area (TPSA) is 111 Å². The Bertz CT molecular complexity index is 392. The second-order valence-electron chi connectivity index (χ2n) is 3.92. The summed E-state index contributed by atoms with van der Waals surface area (Å²) in [4.78, 5) is 22.2. The number of esters is 1. The fraction of sp³-hybridized carbons (Fsp3) is 0.778. The molecule has 106 valence electrons. The first-order valence-corrected chi connectivity index (χ1v) is 6.66. The molecule has 0 spiro atoms. The lowest BCUT2D eigenvalue weighted by atomic mass is 10.1. The molecule has 1 unspecified atom stereocenters. The zero-order valence-corrected chi connectivity index (χ0v) is 11.5. The highest BCUT2D eigenvalue weighted by Crippen LogP contribution is 2.07. The summed E-state index contributed by atoms with van der Waals surface area (Å²) in [5.41, 5.74) is 0. The summed E-state index contributed by atoms with van der Waals surface area (Å²) in [5, 5.41) is 0. The third kappa shape index (κ3) is 6.40. The molecule has 1 amide bonds. The molecular weight excluding hydrogens is 264 g/mol. The van der Waals surface area contributed by atoms with Crippen molar-refractivity contribution in [3.05, 3.63) is 0 Å². The van der Waals surface area contributed by atoms with Gasteiger partial charge in [-0.3, -0.25) is 4.79 Å². The van der Waals surface area contributed by atoms with Gasteiger partial charge >= 0.3 is 22.3 Å². The van der Waals surface area contributed by atoms with Gasteiger partial charge in [0.25, 0.3) is 0 Å². The molecular formula is C9H18N2O6S. The maximum Gasteiger partial charge on any atom is 0.421 e. The molecule has 9 heteroatoms. The van der Waals surface area contributed by atoms with Gasteiger partial charge in [-0.2, -0.15) is 13.1 Å². The molecule has 0 aromatic heterocycles. The SMILES string of the molecule is COC(=O)NS(=O)(=O)NC(CC(C)C)C(=O)OC. The molecule has 0 aromatic carbocycles. The first-order valence-electron chi connectivity index (χ1n) is 5.17. The smallest absolute Gasteiger partial charge is 0.421 e. The molecule has 0 radical (unpaired) electrons. The summed E-state index contributed by atoms with van der Waals surface area (Å²) in [6, 6.07) is -1.06. The molecule has 2 N–H and O–H groups in total. The molecule has 0 aliphatic heterocycles. The highest BCUT2D eigenvalue weighted by Gasteiger charge is 2.27. The van der Waals surface area contributed by atoms with Gasteiger partial charge < -0.3 is 9.47 Å². The standard InChI is InChI=1S/C9H18N2O6S/c1-6(2)5-7(8(12)16-3)10-18(14,15)11-9(13)17-4/h6-7,10H,5H2,1-4H3,(H,11,13). The van der Waals surface area contributed by atoms with Crippen LogP contribution in [0.25, 0.3) is 0 Å². The van der Waals surface area contributed by atoms with E-state index >= 15 is 0 Å². The van der Waals surface area contributed by atoms with E-state index in [1.54, 1.807) is 4.72 Å². The zero-order valence-electron chi connectivity index (χ0n) is 10.7. The van der Waals surface area contributed by atoms with Crippen molar-refractivity contribution in [2.45, 2.75) is 26.3 Å². The number of amides is 1. The second-order valence-corrected chi connectivity index (χ2v) is 5.37. The number of hydrogen-bond acceptors (Lipinski definition) is 6. The van der Waals surface area contributed by atoms with Crippen LogP contribution in [-0.2, 0) is 24.5 Å². The average molecular weight is 282 g/mol. The summed E-state index contributed by atoms with van der Waals surface area (Å²) < 4.78 is 35.2. The third-order valence-electron chi connectivity index (χ3n) is 1.89. The van der Waals surface area contributed by atoms with Gasteiger partial charge in [-0.05, 0) is 12.3 Å². The van der Waals surface area contributed by atoms with Crippen molar-refractivity contribution in [3.63, 3.8) is 0 Å². The van der Waals surface area contributed by atoms with Crippen LogP contribution >= 0.6 is 0 Å². The predicted octanol–water partition coefficient (Wildman–Crippen LogP) is -0.235. The Morgan fingerprint density at radius 3 is 2.11 bits per heavy atom. The number of carbonyl (C=O) groups is 2. The van der Waals surface area contributed by atoms with E-state index in [1.165, 1.54) is 0 Å². The van der Waals surface area contributed by atoms with E-state index in [0.29, 0.717) is 0 Å². The van der Waals surface area contributed by atoms with E-state index < -0.39 is 28.3 Å². The maximum absolute atomic E-state index is 11.5. The molecule has 1 atom stereocenters. The molecule has 0 aromatic rings. The van der Waals surface area contributed by atoms with Crippen LogP contribution in [0, 0.1) is 5.92 Å². The van der Waals surface area contributed by atoms with Gasteiger partial charge in [0.1, 0.15) is 6.04 Å². The van der Waals surface area contributed by atoms with Crippen molar-refractivity contribution >= 4 is 22.3 Å². The molecule has 0 rings (SSSR count). The Morgan fingerprint density at radius 1 is 1.17 bits per heavy atom. The second kappa shape index (κ2) is 7.17. The number of hydrogen-bond donors (Lipinski definition) is 2. The first kappa shape index (κ1) is 16.6. The van der Waals surface area contributed by atoms with Crippen LogP contribution in [0.2, 0.25) is 0 Å². The highest BCUT2D eigenvalue weighted by molar-refractivity contribution is 7.88. The number of carbonyl (C=O) groups excluding carboxylic acids is 2. The number of methoxy groups -OCH3 is 2. The van der Waals surface area contributed by atoms with Crippen LogP contribution in [0.1, 0.15) is 20.3 Å². The van der Waals surface area contributed by atoms with Gasteiger partial charge in [-0.1, -0.05) is 13.8 Å². The van der Waals surface area contributed by atoms with Crippen LogP contribution in [0.3, 0.4) is 0 Å². The normalized spacial score (nSPS) is 12.9. The summed E-state index contributed by atoms with van der Waals surface area (Å²) >= 11 is 0. The summed E-state index contributed by atoms with van der Waals surface area (Å²) in [6.07, 6.45) is -0.898. The molecule has 8 nitrogen and oxygen atoms in total. The van der Waals surface area contributed by atoms with Crippen molar-refractivity contribution < 1.29 is 27.5 Å². The lowest BCUT2D eigenvalue weighted by Crippen LogP contribution is -2.48. The largest absolute Gasteiger partial charge is 0.468 e. The van der Waals surface area contributed by atoms with E-state index in [0.717, 1.165) is 14.2 Å². The van der Waals surface area contributed by atoms with Crippen molar-refractivity contribution in [3.8, 4) is 0 Å². The molecule has 0 fully saturated rings. The van der Waals surface area contributed by atoms with Crippen molar-refractivity contribution in [2.24, 2.45) is 5.92 Å². The van der Waals surface area contributed by atoms with Gasteiger partial charge in [0.05, 0.1) is 14.2 Å². The Balaban J connectivity index is 4.75. The molecule has 0 saturated carbocycles. The van der Waals surface area contributed by atoms with Crippen molar-refractivity contribution in [1.82, 2.24) is 9.44 Å². The van der Waals surface area contributed by atoms with Gasteiger partial charge in [0, 0.05) is 0 Å². The Labute approximate surface area is 106 Å². The van der Waals surface area contributed by atoms with E-state index in [9.17, 15) is 18.0 Å². The molecule has 0 heterocycles. The summed E-state index contributed by atoms with van der Waals surface area (Å²) in [5.74, 6) is -0.658. The highest BCUT2D eigenvalue weighted by atomic mass is 32.2. The monoisotopic (exact) mass is 282 g/mol. The van der Waals surface area contributed by atoms with E-state index in [4.69, 9.17) is 0 Å². The molecule has 0 aliphatic carbocycles. The Hall–Kier alpha value is -1.35. The fourth-order valence-corrected chi connectivity index (χ4v) is 2.10. The summed E-state index contributed by atoms with van der Waals surface area (Å²) in [7, 11) is -1.99. The van der Waals surface area contributed by atoms with Crippen LogP contribution in [-0.4, -0.2) is 40.7 Å². The van der Waals surface area contributed by atoms with E-state index in [2.05, 4.69) is 9.47 Å². The van der Waals surface area contributed by atoms with Crippen molar-refractivity contribution in [1.29, 1.82) is 0 Å². The minimum atomic E-state index is -4.17. The maximum atomic E-state index is 11.5. The van der Waals surface area contributed by atoms with Gasteiger partial charge in [-0.25, -0.2) is 9.52 Å². The van der Waals surface area contributed by atoms with Crippen LogP contribution in [0.5, 0.6) is 0 Å². The number of rotatable bonds is 6. The van der Waals surface area contributed by atoms with Crippen LogP contribution in [0.4, 0.5) is 4.79 Å². The molecule has 0 saturated heterocycles. The molecule has 0 aliphatic rings. The minimum absolute atomic E-state index is 0.0647. The molecule has 18 heavy (non-hydrogen) atoms. The quantitative estimate of drug-likeness (QED) is 0.651. The van der Waals surface area contributed by atoms with Gasteiger partial charge in [0.15, 0.2) is 0 Å². The summed E-state index contributed by atoms with van der Waals surface area (Å²) in [6.45, 7) is 3.63. The Morgan fingerprint density at radius 2 is 1.72 bits per heavy atom. The number of nitrogens with one attached hydrogen (secondary N) is 2. The average Bonchev–Trinajstić information content (AvgIpc) is 2.25. The van der Waals surface area contributed by atoms with E-state index in [-0.39, 0.29) is 12.3 Å². The lowest BCUT2D eigenvalue weighted by molar-refractivity contribution is -0.143. The van der Waals surface area contributed by atoms with Gasteiger partial charge in [0.2, 0.25) is 0 Å². The van der Waals surface area contributed by atoms with Crippen LogP contribution in [0.15, 0.2) is 0 Å². The van der Waals surface area contributed by atoms with Crippen LogP contribution < -0.4 is 9.44 Å². The predicted molar refractivity (Wildman–Crippen MR) is 62.9 cm³/mol. The zero-order chi connectivity index (χ0) is 14.3. The first-order chi connectivity index (χ1) is 8.21. The molecule has 0 bridgehead atoms. The minimum Gasteiger partial charge on any atom is -0.468 e.